The molecule has 2 aliphatic carbocycles. The van der Waals surface area contributed by atoms with Crippen LogP contribution in [0.3, 0.4) is 0 Å². The van der Waals surface area contributed by atoms with Gasteiger partial charge < -0.3 is 4.74 Å². The summed E-state index contributed by atoms with van der Waals surface area (Å²) in [6, 6.07) is 3.49. The molecule has 0 spiro atoms. The van der Waals surface area contributed by atoms with Crippen molar-refractivity contribution in [1.29, 1.82) is 0 Å². The van der Waals surface area contributed by atoms with Crippen LogP contribution < -0.4 is 4.74 Å². The zero-order chi connectivity index (χ0) is 18.4. The van der Waals surface area contributed by atoms with E-state index in [0.717, 1.165) is 17.8 Å². The fourth-order valence-corrected chi connectivity index (χ4v) is 5.16. The van der Waals surface area contributed by atoms with Crippen LogP contribution in [0.5, 0.6) is 5.88 Å². The molecule has 3 rings (SSSR count). The van der Waals surface area contributed by atoms with Crippen LogP contribution in [0.15, 0.2) is 18.3 Å². The second-order valence-corrected chi connectivity index (χ2v) is 8.34. The van der Waals surface area contributed by atoms with Crippen LogP contribution in [-0.2, 0) is 0 Å². The largest absolute Gasteiger partial charge is 0.417 e. The number of ether oxygens (including phenoxy) is 1. The molecular weight excluding hydrogens is 332 g/mol. The van der Waals surface area contributed by atoms with Gasteiger partial charge >= 0.3 is 6.61 Å². The van der Waals surface area contributed by atoms with Crippen molar-refractivity contribution in [3.8, 4) is 5.88 Å². The molecular formula is C22H33F2NO. The Balaban J connectivity index is 1.43. The van der Waals surface area contributed by atoms with E-state index < -0.39 is 6.61 Å². The lowest BCUT2D eigenvalue weighted by Crippen LogP contribution is -2.25. The van der Waals surface area contributed by atoms with Crippen LogP contribution in [0.2, 0.25) is 0 Å². The minimum absolute atomic E-state index is 0.0114. The lowest BCUT2D eigenvalue weighted by Gasteiger charge is -2.38. The summed E-state index contributed by atoms with van der Waals surface area (Å²) >= 11 is 0. The summed E-state index contributed by atoms with van der Waals surface area (Å²) in [5.41, 5.74) is 1.17. The van der Waals surface area contributed by atoms with Gasteiger partial charge in [0.2, 0.25) is 5.88 Å². The summed E-state index contributed by atoms with van der Waals surface area (Å²) in [4.78, 5) is 4.03. The number of hydrogen-bond donors (Lipinski definition) is 0. The molecule has 2 fully saturated rings. The van der Waals surface area contributed by atoms with Crippen LogP contribution >= 0.6 is 0 Å². The SMILES string of the molecule is CCCC[C@H]1CC[C@H](C2CCC(c3ccc(OC(F)F)nc3)CC2)CC1. The van der Waals surface area contributed by atoms with Crippen LogP contribution in [0, 0.1) is 17.8 Å². The molecule has 0 atom stereocenters. The van der Waals surface area contributed by atoms with Crippen LogP contribution in [0.4, 0.5) is 8.78 Å². The Morgan fingerprint density at radius 3 is 2.19 bits per heavy atom. The lowest BCUT2D eigenvalue weighted by atomic mass is 9.68. The third-order valence-electron chi connectivity index (χ3n) is 6.74. The zero-order valence-electron chi connectivity index (χ0n) is 16.0. The molecule has 0 aromatic carbocycles. The van der Waals surface area contributed by atoms with E-state index in [9.17, 15) is 8.78 Å². The topological polar surface area (TPSA) is 22.1 Å². The van der Waals surface area contributed by atoms with Crippen LogP contribution in [0.25, 0.3) is 0 Å². The van der Waals surface area contributed by atoms with Crippen molar-refractivity contribution < 1.29 is 13.5 Å². The Kier molecular flexibility index (Phi) is 7.27. The third-order valence-corrected chi connectivity index (χ3v) is 6.74. The second-order valence-electron chi connectivity index (χ2n) is 8.34. The predicted molar refractivity (Wildman–Crippen MR) is 101 cm³/mol. The molecule has 1 heterocycles. The Labute approximate surface area is 156 Å². The molecule has 0 aliphatic heterocycles. The van der Waals surface area contributed by atoms with Crippen molar-refractivity contribution in [2.45, 2.75) is 90.1 Å². The molecule has 0 unspecified atom stereocenters. The van der Waals surface area contributed by atoms with Gasteiger partial charge in [0.1, 0.15) is 0 Å². The molecule has 2 nitrogen and oxygen atoms in total. The van der Waals surface area contributed by atoms with Gasteiger partial charge in [-0.15, -0.1) is 0 Å². The predicted octanol–water partition coefficient (Wildman–Crippen LogP) is 6.95. The van der Waals surface area contributed by atoms with Crippen LogP contribution in [-0.4, -0.2) is 11.6 Å². The van der Waals surface area contributed by atoms with Gasteiger partial charge in [-0.1, -0.05) is 45.1 Å². The first-order valence-electron chi connectivity index (χ1n) is 10.6. The smallest absolute Gasteiger partial charge is 0.388 e. The highest BCUT2D eigenvalue weighted by molar-refractivity contribution is 5.21. The van der Waals surface area contributed by atoms with Gasteiger partial charge in [0.15, 0.2) is 0 Å². The van der Waals surface area contributed by atoms with Gasteiger partial charge in [-0.2, -0.15) is 8.78 Å². The number of hydrogen-bond acceptors (Lipinski definition) is 2. The first-order valence-corrected chi connectivity index (χ1v) is 10.6. The highest BCUT2D eigenvalue weighted by Crippen LogP contribution is 2.44. The van der Waals surface area contributed by atoms with E-state index in [1.165, 1.54) is 76.2 Å². The number of aromatic nitrogens is 1. The lowest BCUT2D eigenvalue weighted by molar-refractivity contribution is -0.0528. The van der Waals surface area contributed by atoms with Crippen molar-refractivity contribution in [3.05, 3.63) is 23.9 Å². The normalized spacial score (nSPS) is 29.7. The molecule has 0 bridgehead atoms. The number of unbranched alkanes of at least 4 members (excludes halogenated alkanes) is 1. The highest BCUT2D eigenvalue weighted by Gasteiger charge is 2.31. The fraction of sp³-hybridized carbons (Fsp3) is 0.773. The number of halogens is 2. The van der Waals surface area contributed by atoms with E-state index in [1.54, 1.807) is 12.3 Å². The molecule has 0 radical (unpaired) electrons. The van der Waals surface area contributed by atoms with E-state index in [2.05, 4.69) is 16.6 Å². The Hall–Kier alpha value is -1.19. The number of pyridine rings is 1. The van der Waals surface area contributed by atoms with Crippen molar-refractivity contribution >= 4 is 0 Å². The molecule has 1 aromatic rings. The standard InChI is InChI=1S/C22H33F2NO/c1-2-3-4-16-5-7-17(8-6-16)18-9-11-19(12-10-18)20-13-14-21(25-15-20)26-22(23)24/h13-19,22H,2-12H2,1H3/t16-,17-,18?,19?. The maximum Gasteiger partial charge on any atom is 0.388 e. The molecule has 2 aliphatic rings. The summed E-state index contributed by atoms with van der Waals surface area (Å²) in [6.45, 7) is -0.514. The van der Waals surface area contributed by atoms with Gasteiger partial charge in [0, 0.05) is 12.3 Å². The number of rotatable bonds is 7. The average Bonchev–Trinajstić information content (AvgIpc) is 2.67. The van der Waals surface area contributed by atoms with E-state index in [4.69, 9.17) is 0 Å². The third kappa shape index (κ3) is 5.40. The Morgan fingerprint density at radius 1 is 1.00 bits per heavy atom. The van der Waals surface area contributed by atoms with Gasteiger partial charge in [0.25, 0.3) is 0 Å². The van der Waals surface area contributed by atoms with E-state index in [1.807, 2.05) is 6.07 Å². The van der Waals surface area contributed by atoms with Gasteiger partial charge in [-0.05, 0) is 67.8 Å². The average molecular weight is 366 g/mol. The maximum absolute atomic E-state index is 12.2. The molecule has 146 valence electrons. The summed E-state index contributed by atoms with van der Waals surface area (Å²) in [5.74, 6) is 3.36. The van der Waals surface area contributed by atoms with Crippen molar-refractivity contribution in [3.63, 3.8) is 0 Å². The Morgan fingerprint density at radius 2 is 1.65 bits per heavy atom. The van der Waals surface area contributed by atoms with E-state index in [0.29, 0.717) is 5.92 Å². The maximum atomic E-state index is 12.2. The monoisotopic (exact) mass is 365 g/mol. The molecule has 26 heavy (non-hydrogen) atoms. The van der Waals surface area contributed by atoms with Gasteiger partial charge in [-0.25, -0.2) is 4.98 Å². The summed E-state index contributed by atoms with van der Waals surface area (Å²) < 4.78 is 28.8. The zero-order valence-corrected chi connectivity index (χ0v) is 16.0. The highest BCUT2D eigenvalue weighted by atomic mass is 19.3. The first kappa shape index (κ1) is 19.6. The van der Waals surface area contributed by atoms with Crippen LogP contribution in [0.1, 0.15) is 89.0 Å². The van der Waals surface area contributed by atoms with Gasteiger partial charge in [-0.3, -0.25) is 0 Å². The molecule has 0 N–H and O–H groups in total. The minimum Gasteiger partial charge on any atom is -0.417 e. The Bertz CT molecular complexity index is 517. The quantitative estimate of drug-likeness (QED) is 0.521. The van der Waals surface area contributed by atoms with Crippen molar-refractivity contribution in [2.24, 2.45) is 17.8 Å². The van der Waals surface area contributed by atoms with E-state index in [-0.39, 0.29) is 5.88 Å². The number of nitrogens with zero attached hydrogens (tertiary/aromatic N) is 1. The summed E-state index contributed by atoms with van der Waals surface area (Å²) in [6.07, 6.45) is 16.7. The molecule has 0 amide bonds. The first-order chi connectivity index (χ1) is 12.7. The molecule has 4 heteroatoms. The molecule has 2 saturated carbocycles. The van der Waals surface area contributed by atoms with Crippen molar-refractivity contribution in [1.82, 2.24) is 4.98 Å². The summed E-state index contributed by atoms with van der Waals surface area (Å²) in [7, 11) is 0. The molecule has 0 saturated heterocycles. The fourth-order valence-electron chi connectivity index (χ4n) is 5.16. The number of alkyl halides is 2. The molecule has 1 aromatic heterocycles. The van der Waals surface area contributed by atoms with Gasteiger partial charge in [0.05, 0.1) is 0 Å². The second kappa shape index (κ2) is 9.66. The summed E-state index contributed by atoms with van der Waals surface area (Å²) in [5, 5.41) is 0. The minimum atomic E-state index is -2.80. The van der Waals surface area contributed by atoms with E-state index >= 15 is 0 Å². The van der Waals surface area contributed by atoms with Crippen molar-refractivity contribution in [2.75, 3.05) is 0 Å².